The van der Waals surface area contributed by atoms with E-state index in [0.29, 0.717) is 0 Å². The molecule has 96 valence electrons. The molecule has 1 nitrogen and oxygen atoms in total. The van der Waals surface area contributed by atoms with Crippen molar-refractivity contribution in [2.24, 2.45) is 11.7 Å². The largest absolute Gasteiger partial charge is 0.325 e. The Bertz CT molecular complexity index is 178. The zero-order valence-electron chi connectivity index (χ0n) is 11.4. The highest BCUT2D eigenvalue weighted by Crippen LogP contribution is 2.35. The molecule has 1 fully saturated rings. The van der Waals surface area contributed by atoms with Crippen molar-refractivity contribution in [2.75, 3.05) is 0 Å². The van der Waals surface area contributed by atoms with Gasteiger partial charge in [0.15, 0.2) is 0 Å². The van der Waals surface area contributed by atoms with E-state index in [1.54, 1.807) is 0 Å². The van der Waals surface area contributed by atoms with Gasteiger partial charge in [-0.15, -0.1) is 0 Å². The van der Waals surface area contributed by atoms with Crippen molar-refractivity contribution in [1.29, 1.82) is 0 Å². The summed E-state index contributed by atoms with van der Waals surface area (Å²) in [6, 6.07) is 0. The Morgan fingerprint density at radius 2 is 1.88 bits per heavy atom. The maximum atomic E-state index is 6.54. The predicted octanol–water partition coefficient (Wildman–Crippen LogP) is 4.64. The highest BCUT2D eigenvalue weighted by Gasteiger charge is 2.31. The smallest absolute Gasteiger partial charge is 0.0157 e. The third kappa shape index (κ3) is 4.86. The van der Waals surface area contributed by atoms with Crippen LogP contribution < -0.4 is 5.73 Å². The van der Waals surface area contributed by atoms with Crippen molar-refractivity contribution in [1.82, 2.24) is 0 Å². The fourth-order valence-electron chi connectivity index (χ4n) is 3.18. The molecule has 0 aliphatic heterocycles. The van der Waals surface area contributed by atoms with Gasteiger partial charge in [-0.25, -0.2) is 0 Å². The summed E-state index contributed by atoms with van der Waals surface area (Å²) in [5, 5.41) is 0. The van der Waals surface area contributed by atoms with E-state index in [4.69, 9.17) is 5.73 Å². The number of rotatable bonds is 7. The molecule has 0 radical (unpaired) electrons. The van der Waals surface area contributed by atoms with Crippen molar-refractivity contribution in [3.63, 3.8) is 0 Å². The van der Waals surface area contributed by atoms with E-state index in [1.807, 2.05) is 0 Å². The third-order valence-electron chi connectivity index (χ3n) is 4.34. The van der Waals surface area contributed by atoms with Gasteiger partial charge >= 0.3 is 0 Å². The molecular formula is C15H31N. The summed E-state index contributed by atoms with van der Waals surface area (Å²) in [6.45, 7) is 4.59. The first-order valence-electron chi connectivity index (χ1n) is 7.49. The van der Waals surface area contributed by atoms with Gasteiger partial charge in [-0.3, -0.25) is 0 Å². The summed E-state index contributed by atoms with van der Waals surface area (Å²) in [5.74, 6) is 0.911. The third-order valence-corrected chi connectivity index (χ3v) is 4.34. The van der Waals surface area contributed by atoms with E-state index >= 15 is 0 Å². The lowest BCUT2D eigenvalue weighted by Crippen LogP contribution is -2.44. The van der Waals surface area contributed by atoms with Gasteiger partial charge in [-0.05, 0) is 25.2 Å². The van der Waals surface area contributed by atoms with Gasteiger partial charge in [0.05, 0.1) is 0 Å². The van der Waals surface area contributed by atoms with Crippen LogP contribution in [0.15, 0.2) is 0 Å². The Labute approximate surface area is 102 Å². The van der Waals surface area contributed by atoms with Crippen molar-refractivity contribution in [3.05, 3.63) is 0 Å². The summed E-state index contributed by atoms with van der Waals surface area (Å²) in [6.07, 6.45) is 14.8. The SMILES string of the molecule is CCCCCCCC1(N)CCCC(CC)C1. The van der Waals surface area contributed by atoms with Crippen LogP contribution in [0, 0.1) is 5.92 Å². The van der Waals surface area contributed by atoms with Crippen LogP contribution in [-0.4, -0.2) is 5.54 Å². The summed E-state index contributed by atoms with van der Waals surface area (Å²) in [4.78, 5) is 0. The molecule has 2 unspecified atom stereocenters. The zero-order chi connectivity index (χ0) is 11.9. The Balaban J connectivity index is 2.17. The molecule has 0 aromatic rings. The minimum absolute atomic E-state index is 0.200. The molecule has 0 amide bonds. The molecular weight excluding hydrogens is 194 g/mol. The quantitative estimate of drug-likeness (QED) is 0.627. The highest BCUT2D eigenvalue weighted by atomic mass is 14.7. The maximum absolute atomic E-state index is 6.54. The number of nitrogens with two attached hydrogens (primary N) is 1. The second-order valence-electron chi connectivity index (χ2n) is 5.90. The molecule has 16 heavy (non-hydrogen) atoms. The van der Waals surface area contributed by atoms with Crippen molar-refractivity contribution >= 4 is 0 Å². The normalized spacial score (nSPS) is 30.6. The molecule has 1 heteroatoms. The average molecular weight is 225 g/mol. The lowest BCUT2D eigenvalue weighted by atomic mass is 9.73. The highest BCUT2D eigenvalue weighted by molar-refractivity contribution is 4.90. The fraction of sp³-hybridized carbons (Fsp3) is 1.00. The Hall–Kier alpha value is -0.0400. The lowest BCUT2D eigenvalue weighted by Gasteiger charge is -2.38. The average Bonchev–Trinajstić information content (AvgIpc) is 2.29. The molecule has 0 saturated heterocycles. The molecule has 1 saturated carbocycles. The van der Waals surface area contributed by atoms with E-state index in [1.165, 1.54) is 70.6 Å². The Morgan fingerprint density at radius 3 is 2.56 bits per heavy atom. The minimum Gasteiger partial charge on any atom is -0.325 e. The van der Waals surface area contributed by atoms with Crippen molar-refractivity contribution < 1.29 is 0 Å². The van der Waals surface area contributed by atoms with Crippen LogP contribution in [0.5, 0.6) is 0 Å². The molecule has 1 aliphatic rings. The topological polar surface area (TPSA) is 26.0 Å². The van der Waals surface area contributed by atoms with Gasteiger partial charge in [0.25, 0.3) is 0 Å². The molecule has 2 atom stereocenters. The van der Waals surface area contributed by atoms with Crippen molar-refractivity contribution in [3.8, 4) is 0 Å². The summed E-state index contributed by atoms with van der Waals surface area (Å²) in [7, 11) is 0. The second kappa shape index (κ2) is 7.32. The number of hydrogen-bond donors (Lipinski definition) is 1. The predicted molar refractivity (Wildman–Crippen MR) is 72.5 cm³/mol. The summed E-state index contributed by atoms with van der Waals surface area (Å²) >= 11 is 0. The molecule has 0 aromatic heterocycles. The van der Waals surface area contributed by atoms with Crippen molar-refractivity contribution in [2.45, 2.75) is 90.0 Å². The van der Waals surface area contributed by atoms with E-state index in [0.717, 1.165) is 5.92 Å². The Morgan fingerprint density at radius 1 is 1.12 bits per heavy atom. The van der Waals surface area contributed by atoms with E-state index in [2.05, 4.69) is 13.8 Å². The first-order chi connectivity index (χ1) is 7.70. The fourth-order valence-corrected chi connectivity index (χ4v) is 3.18. The van der Waals surface area contributed by atoms with E-state index in [9.17, 15) is 0 Å². The monoisotopic (exact) mass is 225 g/mol. The van der Waals surface area contributed by atoms with Gasteiger partial charge in [0.2, 0.25) is 0 Å². The standard InChI is InChI=1S/C15H31N/c1-3-5-6-7-8-11-15(16)12-9-10-14(4-2)13-15/h14H,3-13,16H2,1-2H3. The van der Waals surface area contributed by atoms with Crippen LogP contribution in [0.4, 0.5) is 0 Å². The first kappa shape index (κ1) is 14.0. The van der Waals surface area contributed by atoms with Crippen LogP contribution in [0.25, 0.3) is 0 Å². The second-order valence-corrected chi connectivity index (χ2v) is 5.90. The van der Waals surface area contributed by atoms with Gasteiger partial charge in [0.1, 0.15) is 0 Å². The van der Waals surface area contributed by atoms with E-state index in [-0.39, 0.29) is 5.54 Å². The maximum Gasteiger partial charge on any atom is 0.0157 e. The summed E-state index contributed by atoms with van der Waals surface area (Å²) < 4.78 is 0. The van der Waals surface area contributed by atoms with Gasteiger partial charge in [0, 0.05) is 5.54 Å². The van der Waals surface area contributed by atoms with Crippen LogP contribution >= 0.6 is 0 Å². The van der Waals surface area contributed by atoms with Gasteiger partial charge in [-0.1, -0.05) is 65.2 Å². The van der Waals surface area contributed by atoms with Crippen LogP contribution in [0.1, 0.15) is 84.5 Å². The molecule has 0 aromatic carbocycles. The van der Waals surface area contributed by atoms with Crippen LogP contribution in [-0.2, 0) is 0 Å². The first-order valence-corrected chi connectivity index (χ1v) is 7.49. The van der Waals surface area contributed by atoms with Crippen LogP contribution in [0.2, 0.25) is 0 Å². The van der Waals surface area contributed by atoms with E-state index < -0.39 is 0 Å². The van der Waals surface area contributed by atoms with Gasteiger partial charge < -0.3 is 5.73 Å². The molecule has 1 rings (SSSR count). The zero-order valence-corrected chi connectivity index (χ0v) is 11.4. The van der Waals surface area contributed by atoms with Crippen LogP contribution in [0.3, 0.4) is 0 Å². The molecule has 0 heterocycles. The number of hydrogen-bond acceptors (Lipinski definition) is 1. The van der Waals surface area contributed by atoms with Gasteiger partial charge in [-0.2, -0.15) is 0 Å². The summed E-state index contributed by atoms with van der Waals surface area (Å²) in [5.41, 5.74) is 6.74. The molecule has 1 aliphatic carbocycles. The lowest BCUT2D eigenvalue weighted by molar-refractivity contribution is 0.203. The molecule has 2 N–H and O–H groups in total. The molecule has 0 spiro atoms. The minimum atomic E-state index is 0.200. The number of unbranched alkanes of at least 4 members (excludes halogenated alkanes) is 4. The molecule has 0 bridgehead atoms. The Kier molecular flexibility index (Phi) is 6.41.